The zero-order chi connectivity index (χ0) is 17.8. The zero-order valence-corrected chi connectivity index (χ0v) is 18.2. The van der Waals surface area contributed by atoms with Crippen LogP contribution in [0.15, 0.2) is 36.9 Å². The van der Waals surface area contributed by atoms with Crippen molar-refractivity contribution in [2.75, 3.05) is 19.8 Å². The van der Waals surface area contributed by atoms with Gasteiger partial charge in [0.1, 0.15) is 0 Å². The molecule has 0 heterocycles. The number of benzene rings is 1. The van der Waals surface area contributed by atoms with E-state index in [0.717, 1.165) is 48.7 Å². The van der Waals surface area contributed by atoms with Gasteiger partial charge in [0.25, 0.3) is 0 Å². The van der Waals surface area contributed by atoms with E-state index < -0.39 is 8.08 Å². The number of rotatable bonds is 12. The Morgan fingerprint density at radius 3 is 2.38 bits per heavy atom. The van der Waals surface area contributed by atoms with Gasteiger partial charge in [0.05, 0.1) is 16.4 Å². The van der Waals surface area contributed by atoms with Gasteiger partial charge in [-0.15, -0.1) is 0 Å². The fourth-order valence-electron chi connectivity index (χ4n) is 2.47. The summed E-state index contributed by atoms with van der Waals surface area (Å²) in [6.45, 7) is 9.53. The Balaban J connectivity index is 2.83. The van der Waals surface area contributed by atoms with Crippen molar-refractivity contribution in [2.45, 2.75) is 39.5 Å². The highest BCUT2D eigenvalue weighted by Crippen LogP contribution is 2.11. The molecule has 0 unspecified atom stereocenters. The van der Waals surface area contributed by atoms with Gasteiger partial charge in [0.15, 0.2) is 0 Å². The highest BCUT2D eigenvalue weighted by Gasteiger charge is 2.35. The van der Waals surface area contributed by atoms with E-state index >= 15 is 0 Å². The second-order valence-corrected chi connectivity index (χ2v) is 12.7. The van der Waals surface area contributed by atoms with Gasteiger partial charge in [-0.1, -0.05) is 44.7 Å². The third-order valence-corrected chi connectivity index (χ3v) is 10.00. The Hall–Kier alpha value is -1.22. The Labute approximate surface area is 149 Å². The lowest BCUT2D eigenvalue weighted by Crippen LogP contribution is -2.56. The van der Waals surface area contributed by atoms with Crippen LogP contribution in [0.4, 0.5) is 0 Å². The summed E-state index contributed by atoms with van der Waals surface area (Å²) in [6, 6.07) is 8.38. The topological polar surface area (TPSA) is 44.8 Å². The minimum absolute atomic E-state index is 0.368. The number of carbonyl (C=O) groups excluding carboxylic acids is 1. The molecule has 6 heteroatoms. The molecular weight excluding hydrogens is 336 g/mol. The first kappa shape index (κ1) is 20.8. The maximum atomic E-state index is 11.1. The fraction of sp³-hybridized carbons (Fsp3) is 0.500. The van der Waals surface area contributed by atoms with Gasteiger partial charge in [-0.25, -0.2) is 4.79 Å². The van der Waals surface area contributed by atoms with Crippen molar-refractivity contribution in [2.24, 2.45) is 0 Å². The van der Waals surface area contributed by atoms with E-state index in [1.54, 1.807) is 0 Å². The highest BCUT2D eigenvalue weighted by molar-refractivity contribution is 7.17. The standard InChI is InChI=1S/C18H30O4Si2/c1-4-13-21-24(23,22-14-5-2)17-12-8-7-10-16(17)11-9-15-20-18(19)6-3/h6-8,10,12H,3-5,9,11,13-15H2,1-2,23H3. The average molecular weight is 367 g/mol. The van der Waals surface area contributed by atoms with Crippen LogP contribution in [0.3, 0.4) is 0 Å². The summed E-state index contributed by atoms with van der Waals surface area (Å²) in [5.74, 6) is -0.368. The quantitative estimate of drug-likeness (QED) is 0.244. The first-order valence-corrected chi connectivity index (χ1v) is 14.0. The van der Waals surface area contributed by atoms with Gasteiger partial charge in [0, 0.05) is 19.3 Å². The maximum Gasteiger partial charge on any atom is 0.337 e. The summed E-state index contributed by atoms with van der Waals surface area (Å²) >= 11 is 0. The SMILES string of the molecule is C=CC(=O)OCCCc1ccccc1[Si]([SiH3])(OCCC)OCCC. The van der Waals surface area contributed by atoms with E-state index in [1.807, 2.05) is 6.07 Å². The minimum Gasteiger partial charge on any atom is -0.463 e. The molecule has 1 rings (SSSR count). The number of aryl methyl sites for hydroxylation is 1. The summed E-state index contributed by atoms with van der Waals surface area (Å²) < 4.78 is 17.6. The molecule has 24 heavy (non-hydrogen) atoms. The van der Waals surface area contributed by atoms with E-state index in [-0.39, 0.29) is 5.97 Å². The number of hydrogen-bond acceptors (Lipinski definition) is 4. The predicted octanol–water partition coefficient (Wildman–Crippen LogP) is 1.71. The molecule has 0 aliphatic rings. The van der Waals surface area contributed by atoms with E-state index in [0.29, 0.717) is 6.61 Å². The molecule has 0 amide bonds. The lowest BCUT2D eigenvalue weighted by atomic mass is 10.1. The number of esters is 1. The third-order valence-electron chi connectivity index (χ3n) is 3.67. The van der Waals surface area contributed by atoms with Crippen LogP contribution >= 0.6 is 0 Å². The van der Waals surface area contributed by atoms with Crippen LogP contribution in [-0.2, 0) is 24.8 Å². The first-order chi connectivity index (χ1) is 11.6. The van der Waals surface area contributed by atoms with Crippen LogP contribution in [0.2, 0.25) is 0 Å². The largest absolute Gasteiger partial charge is 0.463 e. The molecule has 0 saturated carbocycles. The van der Waals surface area contributed by atoms with Crippen molar-refractivity contribution in [3.05, 3.63) is 42.5 Å². The van der Waals surface area contributed by atoms with Crippen molar-refractivity contribution in [1.82, 2.24) is 0 Å². The molecule has 134 valence electrons. The molecule has 4 nitrogen and oxygen atoms in total. The van der Waals surface area contributed by atoms with Crippen molar-refractivity contribution in [1.29, 1.82) is 0 Å². The maximum absolute atomic E-state index is 11.1. The van der Waals surface area contributed by atoms with Crippen LogP contribution < -0.4 is 5.19 Å². The molecule has 0 saturated heterocycles. The van der Waals surface area contributed by atoms with Crippen molar-refractivity contribution < 1.29 is 18.4 Å². The summed E-state index contributed by atoms with van der Waals surface area (Å²) in [5.41, 5.74) is 1.25. The summed E-state index contributed by atoms with van der Waals surface area (Å²) in [5, 5.41) is 1.24. The zero-order valence-electron chi connectivity index (χ0n) is 15.2. The van der Waals surface area contributed by atoms with Gasteiger partial charge < -0.3 is 13.6 Å². The van der Waals surface area contributed by atoms with E-state index in [2.05, 4.69) is 38.6 Å². The van der Waals surface area contributed by atoms with Gasteiger partial charge in [-0.2, -0.15) is 0 Å². The second kappa shape index (κ2) is 11.4. The molecule has 0 aliphatic carbocycles. The molecule has 0 atom stereocenters. The van der Waals surface area contributed by atoms with E-state index in [4.69, 9.17) is 13.6 Å². The lowest BCUT2D eigenvalue weighted by Gasteiger charge is -2.29. The van der Waals surface area contributed by atoms with E-state index in [1.165, 1.54) is 16.8 Å². The molecule has 0 N–H and O–H groups in total. The van der Waals surface area contributed by atoms with Crippen LogP contribution in [0.25, 0.3) is 0 Å². The number of hydrogen-bond donors (Lipinski definition) is 0. The second-order valence-electron chi connectivity index (χ2n) is 5.77. The van der Waals surface area contributed by atoms with E-state index in [9.17, 15) is 4.79 Å². The Bertz CT molecular complexity index is 511. The smallest absolute Gasteiger partial charge is 0.337 e. The summed E-state index contributed by atoms with van der Waals surface area (Å²) in [4.78, 5) is 11.1. The van der Waals surface area contributed by atoms with Gasteiger partial charge >= 0.3 is 14.0 Å². The van der Waals surface area contributed by atoms with Gasteiger partial charge in [0.2, 0.25) is 0 Å². The first-order valence-electron chi connectivity index (χ1n) is 8.72. The molecular formula is C18H30O4Si2. The van der Waals surface area contributed by atoms with Crippen molar-refractivity contribution in [3.8, 4) is 0 Å². The normalized spacial score (nSPS) is 11.4. The van der Waals surface area contributed by atoms with Crippen LogP contribution in [0.5, 0.6) is 0 Å². The summed E-state index contributed by atoms with van der Waals surface area (Å²) in [7, 11) is -1.40. The molecule has 0 aromatic heterocycles. The number of carbonyl (C=O) groups is 1. The van der Waals surface area contributed by atoms with Crippen molar-refractivity contribution >= 4 is 29.0 Å². The molecule has 0 fully saturated rings. The van der Waals surface area contributed by atoms with Crippen molar-refractivity contribution in [3.63, 3.8) is 0 Å². The summed E-state index contributed by atoms with van der Waals surface area (Å²) in [6.07, 6.45) is 4.81. The van der Waals surface area contributed by atoms with Crippen LogP contribution in [0.1, 0.15) is 38.7 Å². The Morgan fingerprint density at radius 2 is 1.79 bits per heavy atom. The van der Waals surface area contributed by atoms with Gasteiger partial charge in [-0.05, 0) is 36.4 Å². The molecule has 0 bridgehead atoms. The minimum atomic E-state index is -2.29. The third kappa shape index (κ3) is 6.72. The molecule has 0 spiro atoms. The Kier molecular flexibility index (Phi) is 9.86. The van der Waals surface area contributed by atoms with Crippen LogP contribution in [-0.4, -0.2) is 43.6 Å². The average Bonchev–Trinajstić information content (AvgIpc) is 2.62. The predicted molar refractivity (Wildman–Crippen MR) is 104 cm³/mol. The van der Waals surface area contributed by atoms with Crippen LogP contribution in [0, 0.1) is 0 Å². The highest BCUT2D eigenvalue weighted by atomic mass is 29.2. The molecule has 0 aliphatic heterocycles. The fourth-order valence-corrected chi connectivity index (χ4v) is 7.93. The monoisotopic (exact) mass is 366 g/mol. The molecule has 0 radical (unpaired) electrons. The Morgan fingerprint density at radius 1 is 1.17 bits per heavy atom. The van der Waals surface area contributed by atoms with Gasteiger partial charge in [-0.3, -0.25) is 0 Å². The number of ether oxygens (including phenoxy) is 1. The lowest BCUT2D eigenvalue weighted by molar-refractivity contribution is -0.137. The molecule has 1 aromatic rings. The molecule has 1 aromatic carbocycles.